The van der Waals surface area contributed by atoms with Crippen molar-refractivity contribution >= 4 is 17.9 Å². The molecule has 0 heterocycles. The van der Waals surface area contributed by atoms with Crippen LogP contribution in [0.1, 0.15) is 201 Å². The highest BCUT2D eigenvalue weighted by atomic mass is 16.6. The lowest BCUT2D eigenvalue weighted by Gasteiger charge is -2.18. The monoisotopic (exact) mass is 845 g/mol. The lowest BCUT2D eigenvalue weighted by Crippen LogP contribution is -2.30. The van der Waals surface area contributed by atoms with Gasteiger partial charge in [-0.3, -0.25) is 14.4 Å². The average Bonchev–Trinajstić information content (AvgIpc) is 3.26. The molecule has 0 aromatic rings. The second-order valence-electron chi connectivity index (χ2n) is 15.6. The molecule has 0 spiro atoms. The molecule has 0 aliphatic heterocycles. The van der Waals surface area contributed by atoms with Crippen LogP contribution in [0.3, 0.4) is 0 Å². The molecule has 0 aromatic carbocycles. The number of carbonyl (C=O) groups excluding carboxylic acids is 3. The van der Waals surface area contributed by atoms with Crippen LogP contribution in [0, 0.1) is 0 Å². The third-order valence-corrected chi connectivity index (χ3v) is 9.74. The van der Waals surface area contributed by atoms with E-state index in [1.54, 1.807) is 0 Å². The van der Waals surface area contributed by atoms with Crippen LogP contribution < -0.4 is 0 Å². The van der Waals surface area contributed by atoms with E-state index in [4.69, 9.17) is 14.2 Å². The lowest BCUT2D eigenvalue weighted by atomic mass is 10.1. The van der Waals surface area contributed by atoms with Crippen molar-refractivity contribution in [1.82, 2.24) is 0 Å². The van der Waals surface area contributed by atoms with E-state index >= 15 is 0 Å². The van der Waals surface area contributed by atoms with Gasteiger partial charge < -0.3 is 14.2 Å². The largest absolute Gasteiger partial charge is 0.462 e. The van der Waals surface area contributed by atoms with Gasteiger partial charge in [-0.1, -0.05) is 175 Å². The van der Waals surface area contributed by atoms with E-state index in [9.17, 15) is 14.4 Å². The maximum atomic E-state index is 12.8. The molecule has 0 rings (SSSR count). The average molecular weight is 845 g/mol. The molecule has 0 bridgehead atoms. The topological polar surface area (TPSA) is 78.9 Å². The minimum atomic E-state index is -0.818. The smallest absolute Gasteiger partial charge is 0.306 e. The lowest BCUT2D eigenvalue weighted by molar-refractivity contribution is -0.167. The number of ether oxygens (including phenoxy) is 3. The molecular weight excluding hydrogens is 757 g/mol. The van der Waals surface area contributed by atoms with Gasteiger partial charge in [0, 0.05) is 19.3 Å². The quantitative estimate of drug-likeness (QED) is 0.0264. The molecule has 0 fully saturated rings. The zero-order chi connectivity index (χ0) is 44.4. The molecule has 0 aliphatic carbocycles. The molecular formula is C55H88O6. The van der Waals surface area contributed by atoms with Crippen LogP contribution in [-0.2, 0) is 28.6 Å². The Labute approximate surface area is 374 Å². The Morgan fingerprint density at radius 1 is 0.344 bits per heavy atom. The standard InChI is InChI=1S/C55H88O6/c1-4-7-10-13-16-19-21-23-25-27-29-31-33-36-39-42-45-48-54(57)60-51-52(50-59-53(56)47-44-41-38-35-18-15-12-9-6-3)61-55(58)49-46-43-40-37-34-32-30-28-26-24-22-20-17-14-11-8-5-2/h7,9-10,12,16-20,23-26,29,31,35-36,39,52H,4-6,8,11,13-15,21-22,27-28,30,32-34,37-38,40-51H2,1-3H3/b10-7-,12-9-,19-16-,20-17-,25-23-,26-24-,31-29-,35-18-,39-36-. The first-order valence-corrected chi connectivity index (χ1v) is 24.4. The molecule has 0 saturated heterocycles. The maximum Gasteiger partial charge on any atom is 0.306 e. The maximum absolute atomic E-state index is 12.8. The minimum Gasteiger partial charge on any atom is -0.462 e. The highest BCUT2D eigenvalue weighted by Crippen LogP contribution is 2.12. The highest BCUT2D eigenvalue weighted by Gasteiger charge is 2.19. The van der Waals surface area contributed by atoms with Gasteiger partial charge in [-0.2, -0.15) is 0 Å². The van der Waals surface area contributed by atoms with Crippen LogP contribution in [0.15, 0.2) is 109 Å². The third kappa shape index (κ3) is 47.0. The van der Waals surface area contributed by atoms with Gasteiger partial charge in [0.1, 0.15) is 13.2 Å². The van der Waals surface area contributed by atoms with Gasteiger partial charge in [0.15, 0.2) is 6.10 Å². The fourth-order valence-electron chi connectivity index (χ4n) is 6.13. The number of hydrogen-bond donors (Lipinski definition) is 0. The van der Waals surface area contributed by atoms with Gasteiger partial charge in [-0.05, 0) is 116 Å². The Morgan fingerprint density at radius 3 is 1.10 bits per heavy atom. The van der Waals surface area contributed by atoms with Crippen LogP contribution in [0.5, 0.6) is 0 Å². The summed E-state index contributed by atoms with van der Waals surface area (Å²) in [5, 5.41) is 0. The summed E-state index contributed by atoms with van der Waals surface area (Å²) in [7, 11) is 0. The molecule has 0 saturated carbocycles. The molecule has 1 atom stereocenters. The molecule has 6 nitrogen and oxygen atoms in total. The van der Waals surface area contributed by atoms with Crippen molar-refractivity contribution in [3.05, 3.63) is 109 Å². The van der Waals surface area contributed by atoms with Crippen molar-refractivity contribution in [3.63, 3.8) is 0 Å². The fourth-order valence-corrected chi connectivity index (χ4v) is 6.13. The summed E-state index contributed by atoms with van der Waals surface area (Å²) in [6.45, 7) is 6.26. The first kappa shape index (κ1) is 57.1. The Hall–Kier alpha value is -3.93. The van der Waals surface area contributed by atoms with E-state index in [1.165, 1.54) is 51.4 Å². The van der Waals surface area contributed by atoms with Gasteiger partial charge in [-0.25, -0.2) is 0 Å². The SMILES string of the molecule is CC/C=C\C/C=C\C/C=C\C/C=C\C/C=C\CCCC(=O)OCC(COC(=O)CCCC/C=C\C/C=C\CC)OC(=O)CCCCCCCCC/C=C\C/C=C\CCCCC. The van der Waals surface area contributed by atoms with Crippen LogP contribution in [-0.4, -0.2) is 37.2 Å². The summed E-state index contributed by atoms with van der Waals surface area (Å²) in [6.07, 6.45) is 65.2. The molecule has 0 amide bonds. The molecule has 1 unspecified atom stereocenters. The first-order valence-electron chi connectivity index (χ1n) is 24.4. The first-order chi connectivity index (χ1) is 30.0. The molecule has 0 N–H and O–H groups in total. The Kier molecular flexibility index (Phi) is 45.6. The second kappa shape index (κ2) is 48.7. The van der Waals surface area contributed by atoms with E-state index in [-0.39, 0.29) is 37.5 Å². The zero-order valence-electron chi connectivity index (χ0n) is 39.1. The Balaban J connectivity index is 4.48. The van der Waals surface area contributed by atoms with Gasteiger partial charge in [0.25, 0.3) is 0 Å². The van der Waals surface area contributed by atoms with Crippen LogP contribution >= 0.6 is 0 Å². The number of unbranched alkanes of at least 4 members (excludes halogenated alkanes) is 13. The number of carbonyl (C=O) groups is 3. The van der Waals surface area contributed by atoms with E-state index in [0.29, 0.717) is 19.3 Å². The van der Waals surface area contributed by atoms with Crippen LogP contribution in [0.4, 0.5) is 0 Å². The Morgan fingerprint density at radius 2 is 0.656 bits per heavy atom. The van der Waals surface area contributed by atoms with Crippen molar-refractivity contribution in [2.75, 3.05) is 13.2 Å². The van der Waals surface area contributed by atoms with Gasteiger partial charge in [0.2, 0.25) is 0 Å². The molecule has 344 valence electrons. The fraction of sp³-hybridized carbons (Fsp3) is 0.618. The van der Waals surface area contributed by atoms with Crippen molar-refractivity contribution in [1.29, 1.82) is 0 Å². The van der Waals surface area contributed by atoms with E-state index in [0.717, 1.165) is 103 Å². The van der Waals surface area contributed by atoms with Crippen LogP contribution in [0.25, 0.3) is 0 Å². The number of hydrogen-bond acceptors (Lipinski definition) is 6. The highest BCUT2D eigenvalue weighted by molar-refractivity contribution is 5.71. The predicted octanol–water partition coefficient (Wildman–Crippen LogP) is 16.0. The molecule has 0 aliphatic rings. The summed E-state index contributed by atoms with van der Waals surface area (Å²) in [5.41, 5.74) is 0. The van der Waals surface area contributed by atoms with Gasteiger partial charge in [0.05, 0.1) is 0 Å². The number of esters is 3. The summed E-state index contributed by atoms with van der Waals surface area (Å²) in [5.74, 6) is -1.03. The molecule has 6 heteroatoms. The van der Waals surface area contributed by atoms with Crippen molar-refractivity contribution in [2.24, 2.45) is 0 Å². The van der Waals surface area contributed by atoms with E-state index < -0.39 is 6.10 Å². The van der Waals surface area contributed by atoms with Gasteiger partial charge >= 0.3 is 17.9 Å². The van der Waals surface area contributed by atoms with Crippen molar-refractivity contribution < 1.29 is 28.6 Å². The molecule has 61 heavy (non-hydrogen) atoms. The normalized spacial score (nSPS) is 13.0. The molecule has 0 aromatic heterocycles. The van der Waals surface area contributed by atoms with Crippen LogP contribution in [0.2, 0.25) is 0 Å². The summed E-state index contributed by atoms with van der Waals surface area (Å²) in [4.78, 5) is 37.8. The van der Waals surface area contributed by atoms with Crippen molar-refractivity contribution in [3.8, 4) is 0 Å². The van der Waals surface area contributed by atoms with Gasteiger partial charge in [-0.15, -0.1) is 0 Å². The van der Waals surface area contributed by atoms with Crippen molar-refractivity contribution in [2.45, 2.75) is 207 Å². The number of rotatable bonds is 42. The summed E-state index contributed by atoms with van der Waals surface area (Å²) >= 11 is 0. The number of allylic oxidation sites excluding steroid dienone is 18. The zero-order valence-corrected chi connectivity index (χ0v) is 39.1. The summed E-state index contributed by atoms with van der Waals surface area (Å²) < 4.78 is 16.6. The predicted molar refractivity (Wildman–Crippen MR) is 260 cm³/mol. The minimum absolute atomic E-state index is 0.119. The Bertz CT molecular complexity index is 1290. The van der Waals surface area contributed by atoms with E-state index in [1.807, 2.05) is 0 Å². The summed E-state index contributed by atoms with van der Waals surface area (Å²) in [6, 6.07) is 0. The molecule has 0 radical (unpaired) electrons. The second-order valence-corrected chi connectivity index (χ2v) is 15.6. The third-order valence-electron chi connectivity index (χ3n) is 9.74. The van der Waals surface area contributed by atoms with E-state index in [2.05, 4.69) is 130 Å².